The predicted octanol–water partition coefficient (Wildman–Crippen LogP) is 1.67. The van der Waals surface area contributed by atoms with Crippen molar-refractivity contribution in [3.8, 4) is 0 Å². The standard InChI is InChI=1S/C11H17N3OS/c1-7-3-2-4-14(6-7)9-5-8(12)10(16-9)11(13)15/h5,7H,2-4,6,12H2,1H3,(H2,13,15). The van der Waals surface area contributed by atoms with E-state index in [0.717, 1.165) is 18.1 Å². The molecular weight excluding hydrogens is 222 g/mol. The fourth-order valence-corrected chi connectivity index (χ4v) is 3.10. The lowest BCUT2D eigenvalue weighted by Crippen LogP contribution is -2.33. The van der Waals surface area contributed by atoms with Crippen molar-refractivity contribution in [2.24, 2.45) is 11.7 Å². The quantitative estimate of drug-likeness (QED) is 0.824. The predicted molar refractivity (Wildman–Crippen MR) is 67.9 cm³/mol. The van der Waals surface area contributed by atoms with Gasteiger partial charge < -0.3 is 16.4 Å². The Hall–Kier alpha value is -1.23. The molecule has 88 valence electrons. The maximum absolute atomic E-state index is 11.1. The zero-order valence-electron chi connectivity index (χ0n) is 9.40. The second-order valence-electron chi connectivity index (χ2n) is 4.43. The third kappa shape index (κ3) is 2.14. The molecule has 1 aromatic heterocycles. The van der Waals surface area contributed by atoms with Crippen LogP contribution >= 0.6 is 11.3 Å². The molecule has 0 spiro atoms. The summed E-state index contributed by atoms with van der Waals surface area (Å²) in [4.78, 5) is 13.9. The molecule has 0 bridgehead atoms. The Kier molecular flexibility index (Phi) is 3.05. The summed E-state index contributed by atoms with van der Waals surface area (Å²) in [5, 5.41) is 1.07. The number of anilines is 2. The topological polar surface area (TPSA) is 72.3 Å². The first-order valence-corrected chi connectivity index (χ1v) is 6.33. The molecule has 0 saturated carbocycles. The molecule has 1 aliphatic rings. The van der Waals surface area contributed by atoms with Gasteiger partial charge in [0.25, 0.3) is 5.91 Å². The summed E-state index contributed by atoms with van der Waals surface area (Å²) < 4.78 is 0. The number of nitrogen functional groups attached to an aromatic ring is 1. The summed E-state index contributed by atoms with van der Waals surface area (Å²) in [6, 6.07) is 1.86. The van der Waals surface area contributed by atoms with Gasteiger partial charge >= 0.3 is 0 Å². The van der Waals surface area contributed by atoms with E-state index in [-0.39, 0.29) is 0 Å². The molecule has 16 heavy (non-hydrogen) atoms. The van der Waals surface area contributed by atoms with Crippen LogP contribution in [0.3, 0.4) is 0 Å². The highest BCUT2D eigenvalue weighted by Crippen LogP contribution is 2.34. The smallest absolute Gasteiger partial charge is 0.260 e. The number of primary amides is 1. The molecule has 0 aliphatic carbocycles. The molecule has 1 amide bonds. The largest absolute Gasteiger partial charge is 0.397 e. The Morgan fingerprint density at radius 3 is 2.94 bits per heavy atom. The van der Waals surface area contributed by atoms with Crippen molar-refractivity contribution in [3.63, 3.8) is 0 Å². The molecular formula is C11H17N3OS. The van der Waals surface area contributed by atoms with Crippen LogP contribution in [0.4, 0.5) is 10.7 Å². The lowest BCUT2D eigenvalue weighted by atomic mass is 10.0. The molecule has 1 aromatic rings. The highest BCUT2D eigenvalue weighted by Gasteiger charge is 2.20. The lowest BCUT2D eigenvalue weighted by molar-refractivity contribution is 0.100. The van der Waals surface area contributed by atoms with Gasteiger partial charge in [0.05, 0.1) is 10.7 Å². The van der Waals surface area contributed by atoms with Gasteiger partial charge in [0.1, 0.15) is 4.88 Å². The number of rotatable bonds is 2. The summed E-state index contributed by atoms with van der Waals surface area (Å²) in [7, 11) is 0. The van der Waals surface area contributed by atoms with E-state index in [1.54, 1.807) is 0 Å². The van der Waals surface area contributed by atoms with E-state index >= 15 is 0 Å². The minimum atomic E-state index is -0.432. The highest BCUT2D eigenvalue weighted by molar-refractivity contribution is 7.18. The SMILES string of the molecule is CC1CCCN(c2cc(N)c(C(N)=O)s2)C1. The fraction of sp³-hybridized carbons (Fsp3) is 0.545. The van der Waals surface area contributed by atoms with E-state index in [2.05, 4.69) is 11.8 Å². The van der Waals surface area contributed by atoms with Crippen molar-refractivity contribution in [3.05, 3.63) is 10.9 Å². The average Bonchev–Trinajstić information content (AvgIpc) is 2.60. The molecule has 0 radical (unpaired) electrons. The third-order valence-corrected chi connectivity index (χ3v) is 4.17. The van der Waals surface area contributed by atoms with Gasteiger partial charge in [0, 0.05) is 13.1 Å². The van der Waals surface area contributed by atoms with Crippen LogP contribution in [-0.2, 0) is 0 Å². The van der Waals surface area contributed by atoms with E-state index < -0.39 is 5.91 Å². The van der Waals surface area contributed by atoms with E-state index in [1.165, 1.54) is 24.2 Å². The Morgan fingerprint density at radius 2 is 2.38 bits per heavy atom. The van der Waals surface area contributed by atoms with Crippen LogP contribution < -0.4 is 16.4 Å². The first-order chi connectivity index (χ1) is 7.58. The van der Waals surface area contributed by atoms with E-state index in [1.807, 2.05) is 6.07 Å². The number of thiophene rings is 1. The normalized spacial score (nSPS) is 21.1. The number of carbonyl (C=O) groups is 1. The third-order valence-electron chi connectivity index (χ3n) is 2.94. The van der Waals surface area contributed by atoms with Crippen molar-refractivity contribution in [1.82, 2.24) is 0 Å². The number of piperidine rings is 1. The van der Waals surface area contributed by atoms with Crippen molar-refractivity contribution in [2.45, 2.75) is 19.8 Å². The number of amides is 1. The van der Waals surface area contributed by atoms with Crippen LogP contribution in [-0.4, -0.2) is 19.0 Å². The minimum Gasteiger partial charge on any atom is -0.397 e. The van der Waals surface area contributed by atoms with Gasteiger partial charge in [-0.05, 0) is 24.8 Å². The maximum atomic E-state index is 11.1. The maximum Gasteiger partial charge on any atom is 0.260 e. The van der Waals surface area contributed by atoms with Crippen molar-refractivity contribution in [2.75, 3.05) is 23.7 Å². The fourth-order valence-electron chi connectivity index (χ4n) is 2.13. The van der Waals surface area contributed by atoms with Gasteiger partial charge in [-0.1, -0.05) is 6.92 Å². The number of hydrogen-bond donors (Lipinski definition) is 2. The Balaban J connectivity index is 2.20. The summed E-state index contributed by atoms with van der Waals surface area (Å²) in [6.45, 7) is 4.33. The molecule has 1 aliphatic heterocycles. The van der Waals surface area contributed by atoms with Crippen LogP contribution in [0.2, 0.25) is 0 Å². The highest BCUT2D eigenvalue weighted by atomic mass is 32.1. The number of nitrogens with zero attached hydrogens (tertiary/aromatic N) is 1. The summed E-state index contributed by atoms with van der Waals surface area (Å²) in [6.07, 6.45) is 2.48. The summed E-state index contributed by atoms with van der Waals surface area (Å²) in [5.74, 6) is 0.271. The van der Waals surface area contributed by atoms with Crippen LogP contribution in [0.1, 0.15) is 29.4 Å². The van der Waals surface area contributed by atoms with E-state index in [9.17, 15) is 4.79 Å². The van der Waals surface area contributed by atoms with Gasteiger partial charge in [-0.15, -0.1) is 11.3 Å². The molecule has 2 rings (SSSR count). The molecule has 4 nitrogen and oxygen atoms in total. The Labute approximate surface area is 99.2 Å². The van der Waals surface area contributed by atoms with E-state index in [0.29, 0.717) is 16.5 Å². The monoisotopic (exact) mass is 239 g/mol. The first kappa shape index (κ1) is 11.3. The number of hydrogen-bond acceptors (Lipinski definition) is 4. The van der Waals surface area contributed by atoms with Gasteiger partial charge in [-0.2, -0.15) is 0 Å². The summed E-state index contributed by atoms with van der Waals surface area (Å²) in [5.41, 5.74) is 11.5. The van der Waals surface area contributed by atoms with E-state index in [4.69, 9.17) is 11.5 Å². The van der Waals surface area contributed by atoms with Crippen LogP contribution in [0.25, 0.3) is 0 Å². The molecule has 5 heteroatoms. The molecule has 4 N–H and O–H groups in total. The second-order valence-corrected chi connectivity index (χ2v) is 5.46. The number of nitrogens with two attached hydrogens (primary N) is 2. The molecule has 1 fully saturated rings. The van der Waals surface area contributed by atoms with Crippen LogP contribution in [0.15, 0.2) is 6.07 Å². The van der Waals surface area contributed by atoms with Crippen molar-refractivity contribution in [1.29, 1.82) is 0 Å². The van der Waals surface area contributed by atoms with Gasteiger partial charge in [0.2, 0.25) is 0 Å². The summed E-state index contributed by atoms with van der Waals surface area (Å²) >= 11 is 1.40. The Bertz CT molecular complexity index is 402. The molecule has 1 atom stereocenters. The van der Waals surface area contributed by atoms with Gasteiger partial charge in [-0.25, -0.2) is 0 Å². The zero-order chi connectivity index (χ0) is 11.7. The zero-order valence-corrected chi connectivity index (χ0v) is 10.2. The number of carbonyl (C=O) groups excluding carboxylic acids is 1. The molecule has 2 heterocycles. The van der Waals surface area contributed by atoms with Crippen LogP contribution in [0, 0.1) is 5.92 Å². The molecule has 1 unspecified atom stereocenters. The Morgan fingerprint density at radius 1 is 1.62 bits per heavy atom. The minimum absolute atomic E-state index is 0.432. The molecule has 0 aromatic carbocycles. The van der Waals surface area contributed by atoms with Crippen molar-refractivity contribution >= 4 is 27.9 Å². The van der Waals surface area contributed by atoms with Crippen LogP contribution in [0.5, 0.6) is 0 Å². The average molecular weight is 239 g/mol. The van der Waals surface area contributed by atoms with Gasteiger partial charge in [0.15, 0.2) is 0 Å². The first-order valence-electron chi connectivity index (χ1n) is 5.52. The lowest BCUT2D eigenvalue weighted by Gasteiger charge is -2.31. The molecule has 1 saturated heterocycles. The second kappa shape index (κ2) is 4.33. The van der Waals surface area contributed by atoms with Crippen molar-refractivity contribution < 1.29 is 4.79 Å². The van der Waals surface area contributed by atoms with Gasteiger partial charge in [-0.3, -0.25) is 4.79 Å².